The molecule has 1 aromatic heterocycles. The van der Waals surface area contributed by atoms with Crippen molar-refractivity contribution in [3.8, 4) is 0 Å². The summed E-state index contributed by atoms with van der Waals surface area (Å²) in [5.41, 5.74) is 6.19. The second kappa shape index (κ2) is 3.73. The first-order valence-electron chi connectivity index (χ1n) is 5.09. The maximum atomic E-state index is 6.03. The highest BCUT2D eigenvalue weighted by molar-refractivity contribution is 4.98. The monoisotopic (exact) mass is 195 g/mol. The topological polar surface area (TPSA) is 43.8 Å². The molecule has 0 saturated heterocycles. The van der Waals surface area contributed by atoms with Gasteiger partial charge in [0.25, 0.3) is 0 Å². The summed E-state index contributed by atoms with van der Waals surface area (Å²) < 4.78 is 2.17. The SMILES string of the molecule is Cc1nccn1C(C(C)N)C(C)(C)C. The van der Waals surface area contributed by atoms with Gasteiger partial charge in [-0.2, -0.15) is 0 Å². The number of rotatable bonds is 2. The summed E-state index contributed by atoms with van der Waals surface area (Å²) in [5.74, 6) is 1.03. The van der Waals surface area contributed by atoms with E-state index in [9.17, 15) is 0 Å². The largest absolute Gasteiger partial charge is 0.330 e. The molecule has 0 bridgehead atoms. The van der Waals surface area contributed by atoms with E-state index in [1.807, 2.05) is 19.3 Å². The van der Waals surface area contributed by atoms with Gasteiger partial charge < -0.3 is 10.3 Å². The Bertz CT molecular complexity index is 294. The molecule has 3 heteroatoms. The molecule has 2 unspecified atom stereocenters. The van der Waals surface area contributed by atoms with Crippen LogP contribution in [0.3, 0.4) is 0 Å². The Kier molecular flexibility index (Phi) is 3.00. The molecule has 0 aliphatic rings. The molecule has 1 aromatic rings. The highest BCUT2D eigenvalue weighted by atomic mass is 15.1. The smallest absolute Gasteiger partial charge is 0.105 e. The van der Waals surface area contributed by atoms with Crippen LogP contribution in [0.1, 0.15) is 39.6 Å². The molecule has 3 nitrogen and oxygen atoms in total. The zero-order valence-electron chi connectivity index (χ0n) is 9.78. The molecule has 0 radical (unpaired) electrons. The third-order valence-electron chi connectivity index (χ3n) is 2.55. The minimum absolute atomic E-state index is 0.128. The van der Waals surface area contributed by atoms with Crippen molar-refractivity contribution < 1.29 is 0 Å². The Morgan fingerprint density at radius 1 is 1.43 bits per heavy atom. The summed E-state index contributed by atoms with van der Waals surface area (Å²) in [4.78, 5) is 4.24. The van der Waals surface area contributed by atoms with E-state index in [1.165, 1.54) is 0 Å². The molecule has 0 aliphatic heterocycles. The van der Waals surface area contributed by atoms with Gasteiger partial charge in [0, 0.05) is 18.4 Å². The van der Waals surface area contributed by atoms with Gasteiger partial charge >= 0.3 is 0 Å². The van der Waals surface area contributed by atoms with Crippen LogP contribution >= 0.6 is 0 Å². The predicted molar refractivity (Wildman–Crippen MR) is 59.1 cm³/mol. The molecule has 14 heavy (non-hydrogen) atoms. The lowest BCUT2D eigenvalue weighted by Gasteiger charge is -2.35. The summed E-state index contributed by atoms with van der Waals surface area (Å²) in [7, 11) is 0. The Morgan fingerprint density at radius 2 is 2.00 bits per heavy atom. The fraction of sp³-hybridized carbons (Fsp3) is 0.727. The first-order chi connectivity index (χ1) is 6.34. The van der Waals surface area contributed by atoms with E-state index < -0.39 is 0 Å². The average molecular weight is 195 g/mol. The van der Waals surface area contributed by atoms with Crippen LogP contribution in [0.25, 0.3) is 0 Å². The van der Waals surface area contributed by atoms with Gasteiger partial charge in [0.05, 0.1) is 6.04 Å². The molecular formula is C11H21N3. The van der Waals surface area contributed by atoms with E-state index in [1.54, 1.807) is 0 Å². The normalized spacial score (nSPS) is 16.7. The van der Waals surface area contributed by atoms with Gasteiger partial charge in [0.15, 0.2) is 0 Å². The Morgan fingerprint density at radius 3 is 2.29 bits per heavy atom. The number of hydrogen-bond acceptors (Lipinski definition) is 2. The second-order valence-electron chi connectivity index (χ2n) is 5.05. The highest BCUT2D eigenvalue weighted by Gasteiger charge is 2.29. The van der Waals surface area contributed by atoms with E-state index in [4.69, 9.17) is 5.73 Å². The van der Waals surface area contributed by atoms with Crippen molar-refractivity contribution in [2.75, 3.05) is 0 Å². The number of hydrogen-bond donors (Lipinski definition) is 1. The molecule has 0 saturated carbocycles. The minimum atomic E-state index is 0.128. The van der Waals surface area contributed by atoms with Crippen LogP contribution in [0.4, 0.5) is 0 Å². The van der Waals surface area contributed by atoms with E-state index in [2.05, 4.69) is 37.2 Å². The van der Waals surface area contributed by atoms with Crippen LogP contribution in [-0.4, -0.2) is 15.6 Å². The third kappa shape index (κ3) is 2.15. The van der Waals surface area contributed by atoms with Gasteiger partial charge in [-0.05, 0) is 19.3 Å². The fourth-order valence-electron chi connectivity index (χ4n) is 2.14. The molecular weight excluding hydrogens is 174 g/mol. The molecule has 2 atom stereocenters. The molecule has 80 valence electrons. The molecule has 2 N–H and O–H groups in total. The van der Waals surface area contributed by atoms with Crippen molar-refractivity contribution in [1.29, 1.82) is 0 Å². The van der Waals surface area contributed by atoms with Gasteiger partial charge in [-0.25, -0.2) is 4.98 Å². The van der Waals surface area contributed by atoms with Crippen LogP contribution in [0.15, 0.2) is 12.4 Å². The quantitative estimate of drug-likeness (QED) is 0.785. The van der Waals surface area contributed by atoms with Crippen molar-refractivity contribution in [3.05, 3.63) is 18.2 Å². The average Bonchev–Trinajstić information content (AvgIpc) is 2.32. The predicted octanol–water partition coefficient (Wildman–Crippen LogP) is 2.13. The maximum absolute atomic E-state index is 6.03. The van der Waals surface area contributed by atoms with Gasteiger partial charge in [0.2, 0.25) is 0 Å². The fourth-order valence-corrected chi connectivity index (χ4v) is 2.14. The maximum Gasteiger partial charge on any atom is 0.105 e. The number of nitrogens with zero attached hydrogens (tertiary/aromatic N) is 2. The zero-order chi connectivity index (χ0) is 10.9. The van der Waals surface area contributed by atoms with Crippen molar-refractivity contribution in [2.45, 2.75) is 46.7 Å². The second-order valence-corrected chi connectivity index (χ2v) is 5.05. The van der Waals surface area contributed by atoms with E-state index >= 15 is 0 Å². The van der Waals surface area contributed by atoms with Gasteiger partial charge in [0.1, 0.15) is 5.82 Å². The zero-order valence-corrected chi connectivity index (χ0v) is 9.78. The van der Waals surface area contributed by atoms with Crippen molar-refractivity contribution in [1.82, 2.24) is 9.55 Å². The minimum Gasteiger partial charge on any atom is -0.330 e. The molecule has 1 heterocycles. The number of aromatic nitrogens is 2. The number of aryl methyl sites for hydroxylation is 1. The summed E-state index contributed by atoms with van der Waals surface area (Å²) in [5, 5.41) is 0. The summed E-state index contributed by atoms with van der Waals surface area (Å²) in [6.45, 7) is 10.7. The Labute approximate surface area is 86.3 Å². The van der Waals surface area contributed by atoms with Crippen molar-refractivity contribution >= 4 is 0 Å². The van der Waals surface area contributed by atoms with E-state index in [0.717, 1.165) is 5.82 Å². The molecule has 1 rings (SSSR count). The lowest BCUT2D eigenvalue weighted by molar-refractivity contribution is 0.209. The molecule has 0 fully saturated rings. The van der Waals surface area contributed by atoms with Crippen molar-refractivity contribution in [2.24, 2.45) is 11.1 Å². The highest BCUT2D eigenvalue weighted by Crippen LogP contribution is 2.33. The van der Waals surface area contributed by atoms with Crippen LogP contribution < -0.4 is 5.73 Å². The van der Waals surface area contributed by atoms with Crippen LogP contribution in [-0.2, 0) is 0 Å². The first-order valence-corrected chi connectivity index (χ1v) is 5.09. The van der Waals surface area contributed by atoms with Crippen LogP contribution in [0.5, 0.6) is 0 Å². The van der Waals surface area contributed by atoms with Crippen molar-refractivity contribution in [3.63, 3.8) is 0 Å². The number of imidazole rings is 1. The summed E-state index contributed by atoms with van der Waals surface area (Å²) >= 11 is 0. The number of nitrogens with two attached hydrogens (primary N) is 1. The van der Waals surface area contributed by atoms with Gasteiger partial charge in [-0.3, -0.25) is 0 Å². The standard InChI is InChI=1S/C11H21N3/c1-8(12)10(11(3,4)5)14-7-6-13-9(14)2/h6-8,10H,12H2,1-5H3. The lowest BCUT2D eigenvalue weighted by Crippen LogP contribution is -2.38. The van der Waals surface area contributed by atoms with Gasteiger partial charge in [-0.1, -0.05) is 20.8 Å². The Hall–Kier alpha value is -0.830. The lowest BCUT2D eigenvalue weighted by atomic mass is 9.82. The summed E-state index contributed by atoms with van der Waals surface area (Å²) in [6, 6.07) is 0.424. The van der Waals surface area contributed by atoms with Gasteiger partial charge in [-0.15, -0.1) is 0 Å². The Balaban J connectivity index is 3.08. The van der Waals surface area contributed by atoms with Crippen LogP contribution in [0.2, 0.25) is 0 Å². The molecule has 0 spiro atoms. The van der Waals surface area contributed by atoms with Crippen LogP contribution in [0, 0.1) is 12.3 Å². The third-order valence-corrected chi connectivity index (χ3v) is 2.55. The van der Waals surface area contributed by atoms with E-state index in [0.29, 0.717) is 6.04 Å². The first kappa shape index (κ1) is 11.2. The molecule has 0 aromatic carbocycles. The summed E-state index contributed by atoms with van der Waals surface area (Å²) in [6.07, 6.45) is 3.84. The molecule has 0 amide bonds. The van der Waals surface area contributed by atoms with E-state index in [-0.39, 0.29) is 11.5 Å². The molecule has 0 aliphatic carbocycles.